The zero-order valence-electron chi connectivity index (χ0n) is 10.5. The van der Waals surface area contributed by atoms with Crippen LogP contribution in [-0.4, -0.2) is 12.9 Å². The minimum absolute atomic E-state index is 0.166. The maximum Gasteiger partial charge on any atom is 0.196 e. The Hall–Kier alpha value is -1.51. The monoisotopic (exact) mass is 294 g/mol. The van der Waals surface area contributed by atoms with Gasteiger partial charge in [0.15, 0.2) is 5.78 Å². The van der Waals surface area contributed by atoms with Crippen LogP contribution in [0.1, 0.15) is 21.5 Å². The van der Waals surface area contributed by atoms with Crippen molar-refractivity contribution in [1.29, 1.82) is 0 Å². The van der Waals surface area contributed by atoms with Crippen molar-refractivity contribution < 1.29 is 9.53 Å². The molecule has 0 fully saturated rings. The summed E-state index contributed by atoms with van der Waals surface area (Å²) in [6.07, 6.45) is 0. The van der Waals surface area contributed by atoms with Crippen molar-refractivity contribution in [3.8, 4) is 5.75 Å². The number of ketones is 1. The fourth-order valence-corrected chi connectivity index (χ4v) is 2.10. The SMILES string of the molecule is COc1ccc(Cl)cc1C(=O)c1ccc(C)c(Cl)c1. The third kappa shape index (κ3) is 2.91. The first-order valence-electron chi connectivity index (χ1n) is 5.67. The molecule has 0 radical (unpaired) electrons. The summed E-state index contributed by atoms with van der Waals surface area (Å²) >= 11 is 12.0. The lowest BCUT2D eigenvalue weighted by Crippen LogP contribution is -2.04. The Morgan fingerprint density at radius 3 is 2.47 bits per heavy atom. The minimum atomic E-state index is -0.166. The molecule has 2 nitrogen and oxygen atoms in total. The topological polar surface area (TPSA) is 26.3 Å². The van der Waals surface area contributed by atoms with Crippen LogP contribution in [0.4, 0.5) is 0 Å². The number of carbonyl (C=O) groups is 1. The Labute approximate surface area is 121 Å². The van der Waals surface area contributed by atoms with Crippen molar-refractivity contribution >= 4 is 29.0 Å². The van der Waals surface area contributed by atoms with Crippen molar-refractivity contribution in [2.45, 2.75) is 6.92 Å². The molecule has 0 saturated heterocycles. The van der Waals surface area contributed by atoms with Crippen molar-refractivity contribution in [2.24, 2.45) is 0 Å². The highest BCUT2D eigenvalue weighted by molar-refractivity contribution is 6.32. The maximum absolute atomic E-state index is 12.4. The summed E-state index contributed by atoms with van der Waals surface area (Å²) in [4.78, 5) is 12.4. The molecule has 0 bridgehead atoms. The normalized spacial score (nSPS) is 10.3. The molecule has 0 aromatic heterocycles. The maximum atomic E-state index is 12.4. The van der Waals surface area contributed by atoms with E-state index in [1.165, 1.54) is 7.11 Å². The summed E-state index contributed by atoms with van der Waals surface area (Å²) in [7, 11) is 1.52. The van der Waals surface area contributed by atoms with Gasteiger partial charge in [-0.2, -0.15) is 0 Å². The van der Waals surface area contributed by atoms with E-state index in [9.17, 15) is 4.79 Å². The molecule has 0 atom stereocenters. The van der Waals surface area contributed by atoms with Gasteiger partial charge >= 0.3 is 0 Å². The number of aryl methyl sites for hydroxylation is 1. The van der Waals surface area contributed by atoms with E-state index >= 15 is 0 Å². The van der Waals surface area contributed by atoms with Gasteiger partial charge in [0.1, 0.15) is 5.75 Å². The minimum Gasteiger partial charge on any atom is -0.496 e. The van der Waals surface area contributed by atoms with Gasteiger partial charge in [-0.3, -0.25) is 4.79 Å². The standard InChI is InChI=1S/C15H12Cl2O2/c1-9-3-4-10(7-13(9)17)15(18)12-8-11(16)5-6-14(12)19-2/h3-8H,1-2H3. The molecular formula is C15H12Cl2O2. The van der Waals surface area contributed by atoms with Gasteiger partial charge < -0.3 is 4.74 Å². The van der Waals surface area contributed by atoms with Crippen LogP contribution in [0.15, 0.2) is 36.4 Å². The van der Waals surface area contributed by atoms with E-state index in [0.717, 1.165) is 5.56 Å². The molecule has 2 rings (SSSR count). The smallest absolute Gasteiger partial charge is 0.196 e. The fourth-order valence-electron chi connectivity index (χ4n) is 1.75. The lowest BCUT2D eigenvalue weighted by Gasteiger charge is -2.09. The molecule has 4 heteroatoms. The second-order valence-electron chi connectivity index (χ2n) is 4.14. The highest BCUT2D eigenvalue weighted by Gasteiger charge is 2.15. The first-order chi connectivity index (χ1) is 9.02. The van der Waals surface area contributed by atoms with Gasteiger partial charge in [-0.1, -0.05) is 35.3 Å². The molecule has 0 aliphatic carbocycles. The second-order valence-corrected chi connectivity index (χ2v) is 4.98. The summed E-state index contributed by atoms with van der Waals surface area (Å²) in [5.41, 5.74) is 1.86. The third-order valence-electron chi connectivity index (χ3n) is 2.84. The summed E-state index contributed by atoms with van der Waals surface area (Å²) < 4.78 is 5.18. The molecule has 0 N–H and O–H groups in total. The Kier molecular flexibility index (Phi) is 4.13. The van der Waals surface area contributed by atoms with Gasteiger partial charge in [0.25, 0.3) is 0 Å². The Morgan fingerprint density at radius 2 is 1.84 bits per heavy atom. The molecule has 0 heterocycles. The van der Waals surface area contributed by atoms with E-state index in [2.05, 4.69) is 0 Å². The second kappa shape index (κ2) is 5.64. The van der Waals surface area contributed by atoms with Crippen LogP contribution in [0.25, 0.3) is 0 Å². The number of carbonyl (C=O) groups excluding carboxylic acids is 1. The quantitative estimate of drug-likeness (QED) is 0.777. The number of ether oxygens (including phenoxy) is 1. The summed E-state index contributed by atoms with van der Waals surface area (Å²) in [6, 6.07) is 10.1. The molecule has 19 heavy (non-hydrogen) atoms. The number of rotatable bonds is 3. The lowest BCUT2D eigenvalue weighted by molar-refractivity contribution is 0.103. The average Bonchev–Trinajstić information content (AvgIpc) is 2.41. The van der Waals surface area contributed by atoms with Gasteiger partial charge in [0.2, 0.25) is 0 Å². The third-order valence-corrected chi connectivity index (χ3v) is 3.48. The van der Waals surface area contributed by atoms with Gasteiger partial charge in [-0.25, -0.2) is 0 Å². The predicted molar refractivity (Wildman–Crippen MR) is 77.6 cm³/mol. The highest BCUT2D eigenvalue weighted by Crippen LogP contribution is 2.26. The molecule has 98 valence electrons. The number of hydrogen-bond acceptors (Lipinski definition) is 2. The zero-order valence-corrected chi connectivity index (χ0v) is 12.0. The molecule has 0 aliphatic heterocycles. The van der Waals surface area contributed by atoms with Gasteiger partial charge in [0, 0.05) is 15.6 Å². The van der Waals surface area contributed by atoms with E-state index in [4.69, 9.17) is 27.9 Å². The molecule has 2 aromatic carbocycles. The van der Waals surface area contributed by atoms with Crippen molar-refractivity contribution in [1.82, 2.24) is 0 Å². The van der Waals surface area contributed by atoms with Crippen LogP contribution in [0.5, 0.6) is 5.75 Å². The number of methoxy groups -OCH3 is 1. The van der Waals surface area contributed by atoms with E-state index in [-0.39, 0.29) is 5.78 Å². The van der Waals surface area contributed by atoms with Crippen LogP contribution in [0, 0.1) is 6.92 Å². The van der Waals surface area contributed by atoms with Crippen LogP contribution in [0.2, 0.25) is 10.0 Å². The van der Waals surface area contributed by atoms with Crippen molar-refractivity contribution in [3.63, 3.8) is 0 Å². The molecule has 0 unspecified atom stereocenters. The van der Waals surface area contributed by atoms with Crippen LogP contribution < -0.4 is 4.74 Å². The van der Waals surface area contributed by atoms with Crippen molar-refractivity contribution in [2.75, 3.05) is 7.11 Å². The Bertz CT molecular complexity index is 636. The predicted octanol–water partition coefficient (Wildman–Crippen LogP) is 4.54. The summed E-state index contributed by atoms with van der Waals surface area (Å²) in [5.74, 6) is 0.326. The largest absolute Gasteiger partial charge is 0.496 e. The highest BCUT2D eigenvalue weighted by atomic mass is 35.5. The molecular weight excluding hydrogens is 283 g/mol. The molecule has 0 saturated carbocycles. The van der Waals surface area contributed by atoms with Gasteiger partial charge in [-0.15, -0.1) is 0 Å². The summed E-state index contributed by atoms with van der Waals surface area (Å²) in [5, 5.41) is 1.05. The van der Waals surface area contributed by atoms with Crippen LogP contribution in [-0.2, 0) is 0 Å². The van der Waals surface area contributed by atoms with E-state index < -0.39 is 0 Å². The zero-order chi connectivity index (χ0) is 14.0. The van der Waals surface area contributed by atoms with E-state index in [0.29, 0.717) is 26.9 Å². The Morgan fingerprint density at radius 1 is 1.11 bits per heavy atom. The number of hydrogen-bond donors (Lipinski definition) is 0. The van der Waals surface area contributed by atoms with E-state index in [1.54, 1.807) is 30.3 Å². The molecule has 0 aliphatic rings. The molecule has 2 aromatic rings. The van der Waals surface area contributed by atoms with Crippen molar-refractivity contribution in [3.05, 3.63) is 63.1 Å². The first kappa shape index (κ1) is 13.9. The summed E-state index contributed by atoms with van der Waals surface area (Å²) in [6.45, 7) is 1.89. The van der Waals surface area contributed by atoms with E-state index in [1.807, 2.05) is 13.0 Å². The first-order valence-corrected chi connectivity index (χ1v) is 6.43. The Balaban J connectivity index is 2.49. The fraction of sp³-hybridized carbons (Fsp3) is 0.133. The molecule has 0 spiro atoms. The van der Waals surface area contributed by atoms with Gasteiger partial charge in [-0.05, 0) is 36.8 Å². The number of benzene rings is 2. The van der Waals surface area contributed by atoms with Crippen LogP contribution in [0.3, 0.4) is 0 Å². The lowest BCUT2D eigenvalue weighted by atomic mass is 10.0. The number of halogens is 2. The molecule has 0 amide bonds. The van der Waals surface area contributed by atoms with Gasteiger partial charge in [0.05, 0.1) is 12.7 Å². The average molecular weight is 295 g/mol. The van der Waals surface area contributed by atoms with Crippen LogP contribution >= 0.6 is 23.2 Å².